The lowest BCUT2D eigenvalue weighted by Gasteiger charge is -2.29. The summed E-state index contributed by atoms with van der Waals surface area (Å²) in [6.45, 7) is -0.542. The Morgan fingerprint density at radius 3 is 2.44 bits per heavy atom. The third kappa shape index (κ3) is 4.76. The molecule has 0 aliphatic carbocycles. The molecule has 41 heavy (non-hydrogen) atoms. The van der Waals surface area contributed by atoms with Crippen molar-refractivity contribution in [2.45, 2.75) is 28.9 Å². The Kier molecular flexibility index (Phi) is 6.61. The van der Waals surface area contributed by atoms with Crippen molar-refractivity contribution in [2.75, 3.05) is 10.2 Å². The molecular weight excluding hydrogens is 586 g/mol. The van der Waals surface area contributed by atoms with E-state index in [1.807, 2.05) is 0 Å². The number of carbonyl (C=O) groups excluding carboxylic acids is 3. The third-order valence-corrected chi connectivity index (χ3v) is 9.36. The van der Waals surface area contributed by atoms with Crippen LogP contribution in [0.15, 0.2) is 81.2 Å². The van der Waals surface area contributed by atoms with Crippen molar-refractivity contribution in [3.63, 3.8) is 0 Å². The number of carbonyl (C=O) groups is 3. The van der Waals surface area contributed by atoms with E-state index in [9.17, 15) is 36.7 Å². The van der Waals surface area contributed by atoms with Crippen LogP contribution < -0.4 is 15.1 Å². The van der Waals surface area contributed by atoms with Gasteiger partial charge in [0, 0.05) is 5.69 Å². The van der Waals surface area contributed by atoms with E-state index < -0.39 is 63.8 Å². The molecule has 6 rings (SSSR count). The van der Waals surface area contributed by atoms with Crippen LogP contribution in [0.4, 0.5) is 28.9 Å². The number of alkyl halides is 3. The summed E-state index contributed by atoms with van der Waals surface area (Å²) in [6.07, 6.45) is -3.21. The largest absolute Gasteiger partial charge is 0.469 e. The molecule has 3 unspecified atom stereocenters. The van der Waals surface area contributed by atoms with Gasteiger partial charge in [0.05, 0.1) is 39.3 Å². The predicted octanol–water partition coefficient (Wildman–Crippen LogP) is 5.10. The summed E-state index contributed by atoms with van der Waals surface area (Å²) in [6, 6.07) is 12.2. The van der Waals surface area contributed by atoms with Crippen LogP contribution in [0, 0.1) is 11.7 Å². The molecule has 1 fully saturated rings. The Hall–Kier alpha value is -4.17. The number of benzene rings is 2. The van der Waals surface area contributed by atoms with E-state index in [2.05, 4.69) is 5.32 Å². The highest BCUT2D eigenvalue weighted by molar-refractivity contribution is 8.00. The van der Waals surface area contributed by atoms with E-state index in [0.717, 1.165) is 62.9 Å². The first kappa shape index (κ1) is 27.0. The number of anilines is 2. The number of halogens is 4. The van der Waals surface area contributed by atoms with Crippen LogP contribution in [-0.4, -0.2) is 27.5 Å². The van der Waals surface area contributed by atoms with Gasteiger partial charge < -0.3 is 9.73 Å². The Bertz CT molecular complexity index is 1730. The fraction of sp³-hybridized carbons (Fsp3) is 0.185. The first-order valence-electron chi connectivity index (χ1n) is 12.1. The molecule has 2 aliphatic rings. The first-order chi connectivity index (χ1) is 19.5. The number of nitrogens with zero attached hydrogens (tertiary/aromatic N) is 2. The van der Waals surface area contributed by atoms with Gasteiger partial charge >= 0.3 is 11.0 Å². The molecule has 4 aromatic rings. The van der Waals surface area contributed by atoms with Gasteiger partial charge in [0.2, 0.25) is 17.7 Å². The number of amides is 3. The van der Waals surface area contributed by atoms with Crippen LogP contribution in [0.25, 0.3) is 0 Å². The lowest BCUT2D eigenvalue weighted by molar-refractivity contribution is -0.137. The predicted molar refractivity (Wildman–Crippen MR) is 141 cm³/mol. The number of imide groups is 1. The molecule has 8 nitrogen and oxygen atoms in total. The van der Waals surface area contributed by atoms with Gasteiger partial charge in [-0.25, -0.2) is 9.29 Å². The molecule has 3 amide bonds. The molecule has 0 radical (unpaired) electrons. The molecule has 0 spiro atoms. The number of hydrogen-bond acceptors (Lipinski definition) is 7. The number of furan rings is 1. The van der Waals surface area contributed by atoms with Crippen molar-refractivity contribution >= 4 is 52.2 Å². The highest BCUT2D eigenvalue weighted by atomic mass is 32.2. The molecule has 2 aromatic carbocycles. The SMILES string of the molecule is O=C(Cn1c2c(sc1=O)C(c1ccco1)C1C(=O)N(c3ccc(F)cc3)C(=O)C1S2)Nc1cccc(C(F)(F)F)c1. The fourth-order valence-corrected chi connectivity index (χ4v) is 7.75. The zero-order valence-corrected chi connectivity index (χ0v) is 22.2. The van der Waals surface area contributed by atoms with Crippen LogP contribution in [-0.2, 0) is 27.1 Å². The van der Waals surface area contributed by atoms with Gasteiger partial charge in [-0.3, -0.25) is 23.7 Å². The molecular formula is C27H17F4N3O5S2. The third-order valence-electron chi connectivity index (χ3n) is 6.76. The number of nitrogens with one attached hydrogen (secondary N) is 1. The quantitative estimate of drug-likeness (QED) is 0.252. The summed E-state index contributed by atoms with van der Waals surface area (Å²) >= 11 is 1.76. The van der Waals surface area contributed by atoms with Gasteiger partial charge in [-0.15, -0.1) is 0 Å². The van der Waals surface area contributed by atoms with E-state index in [1.54, 1.807) is 12.1 Å². The van der Waals surface area contributed by atoms with E-state index in [-0.39, 0.29) is 16.4 Å². The number of fused-ring (bicyclic) bond motifs is 2. The molecule has 2 aromatic heterocycles. The summed E-state index contributed by atoms with van der Waals surface area (Å²) < 4.78 is 59.5. The number of aromatic nitrogens is 1. The van der Waals surface area contributed by atoms with Gasteiger partial charge in [0.25, 0.3) is 0 Å². The molecule has 210 valence electrons. The maximum absolute atomic E-state index is 13.7. The Morgan fingerprint density at radius 2 is 1.76 bits per heavy atom. The van der Waals surface area contributed by atoms with Crippen LogP contribution in [0.5, 0.6) is 0 Å². The minimum Gasteiger partial charge on any atom is -0.469 e. The molecule has 0 saturated carbocycles. The van der Waals surface area contributed by atoms with Crippen molar-refractivity contribution in [2.24, 2.45) is 5.92 Å². The molecule has 3 atom stereocenters. The zero-order valence-electron chi connectivity index (χ0n) is 20.6. The number of thiazole rings is 1. The Labute approximate surface area is 236 Å². The normalized spacial score (nSPS) is 20.2. The number of hydrogen-bond donors (Lipinski definition) is 1. The van der Waals surface area contributed by atoms with E-state index in [1.165, 1.54) is 24.5 Å². The molecule has 0 bridgehead atoms. The van der Waals surface area contributed by atoms with Gasteiger partial charge in [0.15, 0.2) is 0 Å². The summed E-state index contributed by atoms with van der Waals surface area (Å²) in [4.78, 5) is 54.0. The lowest BCUT2D eigenvalue weighted by atomic mass is 9.87. The average Bonchev–Trinajstić information content (AvgIpc) is 3.62. The molecule has 1 saturated heterocycles. The van der Waals surface area contributed by atoms with Crippen molar-refractivity contribution in [3.05, 3.63) is 98.6 Å². The summed E-state index contributed by atoms with van der Waals surface area (Å²) in [7, 11) is 0. The molecule has 4 heterocycles. The minimum atomic E-state index is -4.61. The Morgan fingerprint density at radius 1 is 1.00 bits per heavy atom. The number of rotatable bonds is 5. The van der Waals surface area contributed by atoms with E-state index >= 15 is 0 Å². The number of thioether (sulfide) groups is 1. The molecule has 14 heteroatoms. The second kappa shape index (κ2) is 10.0. The fourth-order valence-electron chi connectivity index (χ4n) is 4.99. The zero-order chi connectivity index (χ0) is 29.1. The van der Waals surface area contributed by atoms with Crippen molar-refractivity contribution in [1.82, 2.24) is 4.57 Å². The minimum absolute atomic E-state index is 0.102. The first-order valence-corrected chi connectivity index (χ1v) is 13.8. The smallest absolute Gasteiger partial charge is 0.416 e. The van der Waals surface area contributed by atoms with Crippen LogP contribution in [0.2, 0.25) is 0 Å². The maximum atomic E-state index is 13.7. The summed E-state index contributed by atoms with van der Waals surface area (Å²) in [5.74, 6) is -3.84. The van der Waals surface area contributed by atoms with Gasteiger partial charge in [-0.1, -0.05) is 29.2 Å². The van der Waals surface area contributed by atoms with Crippen LogP contribution in [0.3, 0.4) is 0 Å². The second-order valence-corrected chi connectivity index (χ2v) is 11.4. The van der Waals surface area contributed by atoms with Crippen molar-refractivity contribution < 1.29 is 36.4 Å². The molecule has 2 aliphatic heterocycles. The Balaban J connectivity index is 1.35. The van der Waals surface area contributed by atoms with Gasteiger partial charge in [0.1, 0.15) is 23.4 Å². The van der Waals surface area contributed by atoms with Crippen molar-refractivity contribution in [1.29, 1.82) is 0 Å². The van der Waals surface area contributed by atoms with Crippen LogP contribution >= 0.6 is 23.1 Å². The van der Waals surface area contributed by atoms with Crippen LogP contribution in [0.1, 0.15) is 22.1 Å². The standard InChI is InChI=1S/C27H17F4N3O5S2/c28-14-6-8-16(9-7-14)34-23(36)20-19(17-5-2-10-39-17)22-25(40-21(20)24(34)37)33(26(38)41-22)12-18(35)32-15-4-1-3-13(11-15)27(29,30)31/h1-11,19-21H,12H2,(H,32,35). The highest BCUT2D eigenvalue weighted by Crippen LogP contribution is 2.54. The van der Waals surface area contributed by atoms with E-state index in [0.29, 0.717) is 10.6 Å². The van der Waals surface area contributed by atoms with E-state index in [4.69, 9.17) is 4.42 Å². The monoisotopic (exact) mass is 603 g/mol. The molecule has 1 N–H and O–H groups in total. The van der Waals surface area contributed by atoms with Gasteiger partial charge in [-0.2, -0.15) is 13.2 Å². The second-order valence-electron chi connectivity index (χ2n) is 9.30. The maximum Gasteiger partial charge on any atom is 0.416 e. The van der Waals surface area contributed by atoms with Crippen molar-refractivity contribution in [3.8, 4) is 0 Å². The summed E-state index contributed by atoms with van der Waals surface area (Å²) in [5.41, 5.74) is -0.858. The summed E-state index contributed by atoms with van der Waals surface area (Å²) in [5, 5.41) is 1.68. The lowest BCUT2D eigenvalue weighted by Crippen LogP contribution is -2.32. The average molecular weight is 604 g/mol. The highest BCUT2D eigenvalue weighted by Gasteiger charge is 2.57. The van der Waals surface area contributed by atoms with Gasteiger partial charge in [-0.05, 0) is 54.6 Å². The topological polar surface area (TPSA) is 102 Å².